The average Bonchev–Trinajstić information content (AvgIpc) is 2.97. The van der Waals surface area contributed by atoms with Gasteiger partial charge in [-0.15, -0.1) is 0 Å². The highest BCUT2D eigenvalue weighted by Crippen LogP contribution is 2.27. The van der Waals surface area contributed by atoms with Crippen LogP contribution in [0.5, 0.6) is 0 Å². The quantitative estimate of drug-likeness (QED) is 0.924. The van der Waals surface area contributed by atoms with Gasteiger partial charge in [-0.3, -0.25) is 9.69 Å². The summed E-state index contributed by atoms with van der Waals surface area (Å²) in [7, 11) is 0. The zero-order chi connectivity index (χ0) is 16.3. The van der Waals surface area contributed by atoms with E-state index in [1.807, 2.05) is 6.92 Å². The van der Waals surface area contributed by atoms with Crippen molar-refractivity contribution in [3.8, 4) is 0 Å². The van der Waals surface area contributed by atoms with E-state index >= 15 is 0 Å². The van der Waals surface area contributed by atoms with Gasteiger partial charge in [0.1, 0.15) is 0 Å². The van der Waals surface area contributed by atoms with Crippen molar-refractivity contribution in [2.45, 2.75) is 58.9 Å². The van der Waals surface area contributed by atoms with Crippen LogP contribution in [0.25, 0.3) is 0 Å². The molecule has 2 heterocycles. The van der Waals surface area contributed by atoms with E-state index in [2.05, 4.69) is 48.1 Å². The number of aromatic nitrogens is 2. The summed E-state index contributed by atoms with van der Waals surface area (Å²) < 4.78 is 5.44. The predicted molar refractivity (Wildman–Crippen MR) is 84.4 cm³/mol. The molecule has 1 aliphatic rings. The summed E-state index contributed by atoms with van der Waals surface area (Å²) in [4.78, 5) is 18.7. The van der Waals surface area contributed by atoms with Crippen molar-refractivity contribution in [3.05, 3.63) is 11.7 Å². The number of hydrogen-bond donors (Lipinski definition) is 1. The minimum atomic E-state index is -0.104. The molecule has 1 aromatic rings. The van der Waals surface area contributed by atoms with E-state index in [0.29, 0.717) is 12.4 Å². The minimum absolute atomic E-state index is 0.0961. The van der Waals surface area contributed by atoms with Crippen LogP contribution in [0, 0.1) is 5.92 Å². The zero-order valence-electron chi connectivity index (χ0n) is 14.3. The van der Waals surface area contributed by atoms with Gasteiger partial charge in [-0.05, 0) is 39.8 Å². The lowest BCUT2D eigenvalue weighted by atomic mass is 9.95. The first kappa shape index (κ1) is 16.9. The largest absolute Gasteiger partial charge is 0.356 e. The second-order valence-corrected chi connectivity index (χ2v) is 7.09. The van der Waals surface area contributed by atoms with Crippen LogP contribution >= 0.6 is 0 Å². The van der Waals surface area contributed by atoms with E-state index in [4.69, 9.17) is 4.52 Å². The first-order chi connectivity index (χ1) is 10.3. The van der Waals surface area contributed by atoms with E-state index in [-0.39, 0.29) is 23.3 Å². The highest BCUT2D eigenvalue weighted by molar-refractivity contribution is 5.78. The molecule has 0 aliphatic carbocycles. The zero-order valence-corrected chi connectivity index (χ0v) is 14.3. The van der Waals surface area contributed by atoms with E-state index in [1.54, 1.807) is 0 Å². The molecule has 1 unspecified atom stereocenters. The number of likely N-dealkylation sites (tertiary alicyclic amines) is 1. The normalized spacial score (nSPS) is 19.1. The Morgan fingerprint density at radius 1 is 1.41 bits per heavy atom. The van der Waals surface area contributed by atoms with Gasteiger partial charge in [-0.1, -0.05) is 25.9 Å². The summed E-state index contributed by atoms with van der Waals surface area (Å²) in [5.41, 5.74) is -0.104. The molecule has 1 atom stereocenters. The second-order valence-electron chi connectivity index (χ2n) is 7.09. The maximum Gasteiger partial charge on any atom is 0.243 e. The maximum atomic E-state index is 11.9. The Morgan fingerprint density at radius 2 is 2.05 bits per heavy atom. The third-order valence-corrected chi connectivity index (χ3v) is 4.27. The molecule has 0 bridgehead atoms. The molecule has 1 N–H and O–H groups in total. The van der Waals surface area contributed by atoms with Crippen molar-refractivity contribution in [2.75, 3.05) is 19.6 Å². The fraction of sp³-hybridized carbons (Fsp3) is 0.812. The lowest BCUT2D eigenvalue weighted by molar-refractivity contribution is -0.126. The van der Waals surface area contributed by atoms with Crippen LogP contribution in [-0.4, -0.2) is 40.6 Å². The van der Waals surface area contributed by atoms with Crippen molar-refractivity contribution in [3.63, 3.8) is 0 Å². The van der Waals surface area contributed by atoms with Gasteiger partial charge in [-0.2, -0.15) is 4.98 Å². The van der Waals surface area contributed by atoms with Gasteiger partial charge in [0.25, 0.3) is 0 Å². The van der Waals surface area contributed by atoms with Gasteiger partial charge in [-0.25, -0.2) is 0 Å². The topological polar surface area (TPSA) is 71.3 Å². The summed E-state index contributed by atoms with van der Waals surface area (Å²) in [5.74, 6) is 1.73. The second kappa shape index (κ2) is 6.77. The number of amides is 1. The van der Waals surface area contributed by atoms with Crippen LogP contribution in [0.4, 0.5) is 0 Å². The molecule has 2 rings (SSSR count). The highest BCUT2D eigenvalue weighted by atomic mass is 16.5. The number of piperidine rings is 1. The van der Waals surface area contributed by atoms with Crippen LogP contribution in [0.1, 0.15) is 65.2 Å². The summed E-state index contributed by atoms with van der Waals surface area (Å²) >= 11 is 0. The summed E-state index contributed by atoms with van der Waals surface area (Å²) in [6.45, 7) is 12.7. The summed E-state index contributed by atoms with van der Waals surface area (Å²) in [6, 6.07) is 0.0961. The van der Waals surface area contributed by atoms with Crippen LogP contribution < -0.4 is 5.32 Å². The van der Waals surface area contributed by atoms with Crippen LogP contribution in [0.3, 0.4) is 0 Å². The van der Waals surface area contributed by atoms with Crippen LogP contribution in [0.15, 0.2) is 4.52 Å². The number of carbonyl (C=O) groups excluding carboxylic acids is 1. The van der Waals surface area contributed by atoms with Gasteiger partial charge in [0.2, 0.25) is 11.8 Å². The monoisotopic (exact) mass is 308 g/mol. The Morgan fingerprint density at radius 3 is 2.55 bits per heavy atom. The van der Waals surface area contributed by atoms with Gasteiger partial charge < -0.3 is 9.84 Å². The van der Waals surface area contributed by atoms with E-state index in [0.717, 1.165) is 31.8 Å². The first-order valence-corrected chi connectivity index (χ1v) is 8.18. The summed E-state index contributed by atoms with van der Waals surface area (Å²) in [6.07, 6.45) is 1.77. The van der Waals surface area contributed by atoms with Crippen molar-refractivity contribution in [1.82, 2.24) is 20.4 Å². The van der Waals surface area contributed by atoms with Gasteiger partial charge >= 0.3 is 0 Å². The molecular formula is C16H28N4O2. The predicted octanol–water partition coefficient (Wildman–Crippen LogP) is 2.28. The molecule has 1 aliphatic heterocycles. The van der Waals surface area contributed by atoms with Crippen molar-refractivity contribution < 1.29 is 9.32 Å². The van der Waals surface area contributed by atoms with E-state index in [1.165, 1.54) is 0 Å². The standard InChI is InChI=1S/C16H28N4O2/c1-6-17-13(21)12-7-9-20(10-8-12)11(2)14-18-15(19-22-14)16(3,4)5/h11-12H,6-10H2,1-5H3,(H,17,21). The van der Waals surface area contributed by atoms with Gasteiger partial charge in [0.15, 0.2) is 5.82 Å². The Labute approximate surface area is 132 Å². The minimum Gasteiger partial charge on any atom is -0.356 e. The molecular weight excluding hydrogens is 280 g/mol. The number of nitrogens with zero attached hydrogens (tertiary/aromatic N) is 3. The number of nitrogens with one attached hydrogen (secondary N) is 1. The molecule has 124 valence electrons. The lowest BCUT2D eigenvalue weighted by Gasteiger charge is -2.33. The first-order valence-electron chi connectivity index (χ1n) is 8.18. The smallest absolute Gasteiger partial charge is 0.243 e. The van der Waals surface area contributed by atoms with Crippen LogP contribution in [0.2, 0.25) is 0 Å². The lowest BCUT2D eigenvalue weighted by Crippen LogP contribution is -2.41. The molecule has 0 radical (unpaired) electrons. The van der Waals surface area contributed by atoms with Crippen molar-refractivity contribution >= 4 is 5.91 Å². The molecule has 0 aromatic carbocycles. The molecule has 22 heavy (non-hydrogen) atoms. The molecule has 1 amide bonds. The molecule has 1 aromatic heterocycles. The SMILES string of the molecule is CCNC(=O)C1CCN(C(C)c2nc(C(C)(C)C)no2)CC1. The number of rotatable bonds is 4. The van der Waals surface area contributed by atoms with E-state index in [9.17, 15) is 4.79 Å². The highest BCUT2D eigenvalue weighted by Gasteiger charge is 2.30. The van der Waals surface area contributed by atoms with E-state index < -0.39 is 0 Å². The Kier molecular flexibility index (Phi) is 5.21. The Bertz CT molecular complexity index is 498. The Balaban J connectivity index is 1.93. The molecule has 6 heteroatoms. The van der Waals surface area contributed by atoms with Gasteiger partial charge in [0, 0.05) is 17.9 Å². The molecule has 1 saturated heterocycles. The summed E-state index contributed by atoms with van der Waals surface area (Å²) in [5, 5.41) is 7.01. The fourth-order valence-electron chi connectivity index (χ4n) is 2.73. The van der Waals surface area contributed by atoms with Crippen molar-refractivity contribution in [1.29, 1.82) is 0 Å². The molecule has 1 fully saturated rings. The number of hydrogen-bond acceptors (Lipinski definition) is 5. The third kappa shape index (κ3) is 3.85. The average molecular weight is 308 g/mol. The molecule has 6 nitrogen and oxygen atoms in total. The number of carbonyl (C=O) groups is 1. The van der Waals surface area contributed by atoms with Crippen LogP contribution in [-0.2, 0) is 10.2 Å². The Hall–Kier alpha value is -1.43. The molecule has 0 spiro atoms. The maximum absolute atomic E-state index is 11.9. The van der Waals surface area contributed by atoms with Gasteiger partial charge in [0.05, 0.1) is 6.04 Å². The fourth-order valence-corrected chi connectivity index (χ4v) is 2.73. The third-order valence-electron chi connectivity index (χ3n) is 4.27. The molecule has 0 saturated carbocycles. The van der Waals surface area contributed by atoms with Crippen molar-refractivity contribution in [2.24, 2.45) is 5.92 Å².